The number of aromatic nitrogens is 2. The molecule has 4 rings (SSSR count). The molecule has 6 nitrogen and oxygen atoms in total. The number of esters is 1. The molecule has 31 heavy (non-hydrogen) atoms. The Bertz CT molecular complexity index is 1240. The summed E-state index contributed by atoms with van der Waals surface area (Å²) < 4.78 is 16.8. The van der Waals surface area contributed by atoms with Crippen molar-refractivity contribution in [1.82, 2.24) is 9.97 Å². The molecule has 2 aromatic heterocycles. The van der Waals surface area contributed by atoms with Crippen LogP contribution in [0, 0.1) is 6.92 Å². The van der Waals surface area contributed by atoms with Crippen molar-refractivity contribution in [2.75, 3.05) is 7.11 Å². The SMILES string of the molecule is COCc1c(C(=O)OC(C)C)ncc2[nH]c3ccc(OCc4cccc(C)c4)cc3c12. The van der Waals surface area contributed by atoms with Gasteiger partial charge in [-0.25, -0.2) is 9.78 Å². The van der Waals surface area contributed by atoms with E-state index in [1.165, 1.54) is 5.56 Å². The number of ether oxygens (including phenoxy) is 3. The largest absolute Gasteiger partial charge is 0.489 e. The molecule has 0 saturated heterocycles. The highest BCUT2D eigenvalue weighted by atomic mass is 16.5. The first-order valence-corrected chi connectivity index (χ1v) is 10.3. The number of pyridine rings is 1. The molecule has 0 aliphatic carbocycles. The molecule has 1 N–H and O–H groups in total. The van der Waals surface area contributed by atoms with Crippen LogP contribution >= 0.6 is 0 Å². The van der Waals surface area contributed by atoms with E-state index in [1.54, 1.807) is 13.3 Å². The van der Waals surface area contributed by atoms with E-state index < -0.39 is 5.97 Å². The van der Waals surface area contributed by atoms with Crippen LogP contribution < -0.4 is 4.74 Å². The van der Waals surface area contributed by atoms with Crippen LogP contribution in [0.15, 0.2) is 48.7 Å². The first-order chi connectivity index (χ1) is 15.0. The van der Waals surface area contributed by atoms with Crippen LogP contribution in [0.2, 0.25) is 0 Å². The van der Waals surface area contributed by atoms with Crippen molar-refractivity contribution in [2.24, 2.45) is 0 Å². The molecule has 0 spiro atoms. The maximum Gasteiger partial charge on any atom is 0.357 e. The highest BCUT2D eigenvalue weighted by molar-refractivity contribution is 6.11. The number of nitrogens with one attached hydrogen (secondary N) is 1. The molecule has 2 heterocycles. The molecule has 0 unspecified atom stereocenters. The van der Waals surface area contributed by atoms with E-state index in [1.807, 2.05) is 44.2 Å². The predicted molar refractivity (Wildman–Crippen MR) is 120 cm³/mol. The number of fused-ring (bicyclic) bond motifs is 3. The Labute approximate surface area is 181 Å². The Balaban J connectivity index is 1.76. The van der Waals surface area contributed by atoms with Gasteiger partial charge >= 0.3 is 5.97 Å². The van der Waals surface area contributed by atoms with Crippen molar-refractivity contribution < 1.29 is 19.0 Å². The van der Waals surface area contributed by atoms with Crippen molar-refractivity contribution in [3.8, 4) is 5.75 Å². The Morgan fingerprint density at radius 2 is 1.94 bits per heavy atom. The lowest BCUT2D eigenvalue weighted by molar-refractivity contribution is 0.0366. The summed E-state index contributed by atoms with van der Waals surface area (Å²) in [7, 11) is 1.60. The molecule has 160 valence electrons. The first kappa shape index (κ1) is 20.9. The Morgan fingerprint density at radius 1 is 1.10 bits per heavy atom. The van der Waals surface area contributed by atoms with Crippen molar-refractivity contribution in [2.45, 2.75) is 40.1 Å². The standard InChI is InChI=1S/C25H26N2O4/c1-15(2)31-25(28)24-20(14-29-4)23-19-11-18(8-9-21(19)27-22(23)12-26-24)30-13-17-7-5-6-16(3)10-17/h5-12,15,27H,13-14H2,1-4H3. The second-order valence-electron chi connectivity index (χ2n) is 7.87. The van der Waals surface area contributed by atoms with Crippen LogP contribution in [0.1, 0.15) is 41.0 Å². The summed E-state index contributed by atoms with van der Waals surface area (Å²) in [5, 5.41) is 1.84. The zero-order valence-electron chi connectivity index (χ0n) is 18.2. The zero-order valence-corrected chi connectivity index (χ0v) is 18.2. The maximum absolute atomic E-state index is 12.6. The Kier molecular flexibility index (Phi) is 5.91. The summed E-state index contributed by atoms with van der Waals surface area (Å²) in [5.41, 5.74) is 5.06. The van der Waals surface area contributed by atoms with Crippen LogP contribution in [-0.4, -0.2) is 29.2 Å². The summed E-state index contributed by atoms with van der Waals surface area (Å²) in [6, 6.07) is 14.1. The summed E-state index contributed by atoms with van der Waals surface area (Å²) >= 11 is 0. The molecule has 6 heteroatoms. The van der Waals surface area contributed by atoms with Gasteiger partial charge < -0.3 is 19.2 Å². The van der Waals surface area contributed by atoms with Gasteiger partial charge in [-0.15, -0.1) is 0 Å². The van der Waals surface area contributed by atoms with Crippen LogP contribution in [0.3, 0.4) is 0 Å². The van der Waals surface area contributed by atoms with E-state index in [0.29, 0.717) is 12.2 Å². The van der Waals surface area contributed by atoms with Crippen molar-refractivity contribution in [1.29, 1.82) is 0 Å². The number of aryl methyl sites for hydroxylation is 1. The lowest BCUT2D eigenvalue weighted by Crippen LogP contribution is -2.15. The fourth-order valence-corrected chi connectivity index (χ4v) is 3.73. The molecule has 0 saturated carbocycles. The molecule has 0 fully saturated rings. The lowest BCUT2D eigenvalue weighted by Gasteiger charge is -2.12. The third-order valence-electron chi connectivity index (χ3n) is 5.02. The fraction of sp³-hybridized carbons (Fsp3) is 0.280. The zero-order chi connectivity index (χ0) is 22.0. The van der Waals surface area contributed by atoms with Gasteiger partial charge in [0.15, 0.2) is 5.69 Å². The minimum atomic E-state index is -0.454. The van der Waals surface area contributed by atoms with Gasteiger partial charge in [-0.05, 0) is 44.5 Å². The summed E-state index contributed by atoms with van der Waals surface area (Å²) in [6.45, 7) is 6.42. The lowest BCUT2D eigenvalue weighted by atomic mass is 10.1. The molecule has 0 radical (unpaired) electrons. The number of hydrogen-bond acceptors (Lipinski definition) is 5. The molecular weight excluding hydrogens is 392 g/mol. The van der Waals surface area contributed by atoms with E-state index in [2.05, 4.69) is 29.0 Å². The number of carbonyl (C=O) groups excluding carboxylic acids is 1. The van der Waals surface area contributed by atoms with Crippen LogP contribution in [0.5, 0.6) is 5.75 Å². The minimum absolute atomic E-state index is 0.231. The van der Waals surface area contributed by atoms with Crippen molar-refractivity contribution in [3.63, 3.8) is 0 Å². The van der Waals surface area contributed by atoms with Crippen molar-refractivity contribution in [3.05, 3.63) is 71.0 Å². The first-order valence-electron chi connectivity index (χ1n) is 10.3. The average molecular weight is 418 g/mol. The van der Waals surface area contributed by atoms with Gasteiger partial charge in [-0.2, -0.15) is 0 Å². The summed E-state index contributed by atoms with van der Waals surface area (Å²) in [6.07, 6.45) is 1.43. The number of benzene rings is 2. The van der Waals surface area contributed by atoms with Crippen LogP contribution in [0.25, 0.3) is 21.8 Å². The molecule has 4 aromatic rings. The molecule has 0 amide bonds. The third kappa shape index (κ3) is 4.39. The van der Waals surface area contributed by atoms with Gasteiger partial charge in [-0.3, -0.25) is 0 Å². The van der Waals surface area contributed by atoms with E-state index in [0.717, 1.165) is 33.1 Å². The number of hydrogen-bond donors (Lipinski definition) is 1. The Hall–Kier alpha value is -3.38. The number of methoxy groups -OCH3 is 1. The van der Waals surface area contributed by atoms with Gasteiger partial charge in [0, 0.05) is 29.0 Å². The Morgan fingerprint density at radius 3 is 2.68 bits per heavy atom. The molecule has 0 aliphatic rings. The second kappa shape index (κ2) is 8.78. The molecular formula is C25H26N2O4. The number of aromatic amines is 1. The minimum Gasteiger partial charge on any atom is -0.489 e. The quantitative estimate of drug-likeness (QED) is 0.412. The van der Waals surface area contributed by atoms with Gasteiger partial charge in [-0.1, -0.05) is 29.8 Å². The number of rotatable bonds is 7. The fourth-order valence-electron chi connectivity index (χ4n) is 3.73. The normalized spacial score (nSPS) is 11.4. The highest BCUT2D eigenvalue weighted by Gasteiger charge is 2.21. The van der Waals surface area contributed by atoms with Crippen LogP contribution in [-0.2, 0) is 22.7 Å². The predicted octanol–water partition coefficient (Wildman–Crippen LogP) is 5.32. The topological polar surface area (TPSA) is 73.4 Å². The smallest absolute Gasteiger partial charge is 0.357 e. The van der Waals surface area contributed by atoms with E-state index in [4.69, 9.17) is 14.2 Å². The third-order valence-corrected chi connectivity index (χ3v) is 5.02. The second-order valence-corrected chi connectivity index (χ2v) is 7.87. The summed E-state index contributed by atoms with van der Waals surface area (Å²) in [5.74, 6) is 0.298. The number of H-pyrrole nitrogens is 1. The molecule has 0 atom stereocenters. The van der Waals surface area contributed by atoms with Gasteiger partial charge in [0.2, 0.25) is 0 Å². The average Bonchev–Trinajstić information content (AvgIpc) is 3.10. The van der Waals surface area contributed by atoms with Crippen molar-refractivity contribution >= 4 is 27.8 Å². The van der Waals surface area contributed by atoms with E-state index in [-0.39, 0.29) is 18.4 Å². The van der Waals surface area contributed by atoms with E-state index in [9.17, 15) is 4.79 Å². The van der Waals surface area contributed by atoms with Crippen LogP contribution in [0.4, 0.5) is 0 Å². The van der Waals surface area contributed by atoms with E-state index >= 15 is 0 Å². The number of carbonyl (C=O) groups is 1. The van der Waals surface area contributed by atoms with Gasteiger partial charge in [0.25, 0.3) is 0 Å². The molecule has 0 aliphatic heterocycles. The monoisotopic (exact) mass is 418 g/mol. The number of nitrogens with zero attached hydrogens (tertiary/aromatic N) is 1. The maximum atomic E-state index is 12.6. The summed E-state index contributed by atoms with van der Waals surface area (Å²) in [4.78, 5) is 20.4. The highest BCUT2D eigenvalue weighted by Crippen LogP contribution is 2.33. The molecule has 2 aromatic carbocycles. The van der Waals surface area contributed by atoms with Gasteiger partial charge in [0.1, 0.15) is 12.4 Å². The van der Waals surface area contributed by atoms with Gasteiger partial charge in [0.05, 0.1) is 24.4 Å². The molecule has 0 bridgehead atoms.